The maximum atomic E-state index is 13.6. The van der Waals surface area contributed by atoms with Crippen LogP contribution in [0.5, 0.6) is 11.5 Å². The number of carbonyl (C=O) groups is 6. The lowest BCUT2D eigenvalue weighted by molar-refractivity contribution is -0.145. The van der Waals surface area contributed by atoms with E-state index in [0.717, 1.165) is 5.56 Å². The highest BCUT2D eigenvalue weighted by atomic mass is 16.6. The number of hydrogen-bond acceptors (Lipinski definition) is 9. The smallest absolute Gasteiger partial charge is 0.415 e. The summed E-state index contributed by atoms with van der Waals surface area (Å²) in [7, 11) is 1.22. The average Bonchev–Trinajstić information content (AvgIpc) is 3.23. The normalized spacial score (nSPS) is 13.8. The molecule has 4 aromatic carbocycles. The Morgan fingerprint density at radius 2 is 1.36 bits per heavy atom. The van der Waals surface area contributed by atoms with Crippen LogP contribution in [0.3, 0.4) is 0 Å². The fourth-order valence-corrected chi connectivity index (χ4v) is 6.58. The van der Waals surface area contributed by atoms with Gasteiger partial charge < -0.3 is 35.1 Å². The van der Waals surface area contributed by atoms with Gasteiger partial charge in [0.25, 0.3) is 5.91 Å². The van der Waals surface area contributed by atoms with Gasteiger partial charge in [-0.1, -0.05) is 98.8 Å². The third kappa shape index (κ3) is 12.8. The van der Waals surface area contributed by atoms with Gasteiger partial charge in [0.05, 0.1) is 19.1 Å². The zero-order chi connectivity index (χ0) is 41.4. The van der Waals surface area contributed by atoms with Gasteiger partial charge in [-0.25, -0.2) is 9.59 Å². The summed E-state index contributed by atoms with van der Waals surface area (Å²) in [5.74, 6) is -1.62. The summed E-state index contributed by atoms with van der Waals surface area (Å²) in [4.78, 5) is 79.6. The maximum absolute atomic E-state index is 13.6. The molecule has 2 atom stereocenters. The molecule has 13 heteroatoms. The molecule has 1 aliphatic heterocycles. The lowest BCUT2D eigenvalue weighted by atomic mass is 10.0. The molecule has 1 saturated heterocycles. The van der Waals surface area contributed by atoms with Crippen LogP contribution in [0.2, 0.25) is 0 Å². The van der Waals surface area contributed by atoms with Crippen molar-refractivity contribution in [2.24, 2.45) is 5.92 Å². The molecule has 13 nitrogen and oxygen atoms in total. The van der Waals surface area contributed by atoms with Crippen molar-refractivity contribution in [2.75, 3.05) is 26.8 Å². The number of methoxy groups -OCH3 is 1. The summed E-state index contributed by atoms with van der Waals surface area (Å²) in [6, 6.07) is 29.3. The number of carbonyl (C=O) groups excluding carboxylic acids is 6. The van der Waals surface area contributed by atoms with Crippen LogP contribution in [0.25, 0.3) is 0 Å². The number of esters is 1. The van der Waals surface area contributed by atoms with Crippen molar-refractivity contribution in [3.8, 4) is 11.5 Å². The summed E-state index contributed by atoms with van der Waals surface area (Å²) < 4.78 is 16.4. The second kappa shape index (κ2) is 21.1. The van der Waals surface area contributed by atoms with E-state index in [-0.39, 0.29) is 42.2 Å². The van der Waals surface area contributed by atoms with Gasteiger partial charge in [-0.2, -0.15) is 0 Å². The van der Waals surface area contributed by atoms with E-state index in [9.17, 15) is 28.8 Å². The molecule has 1 aliphatic rings. The maximum Gasteiger partial charge on any atom is 0.415 e. The summed E-state index contributed by atoms with van der Waals surface area (Å²) in [6.07, 6.45) is 1.35. The minimum absolute atomic E-state index is 0.00480. The van der Waals surface area contributed by atoms with Gasteiger partial charge in [0, 0.05) is 31.1 Å². The molecule has 0 unspecified atom stereocenters. The zero-order valence-corrected chi connectivity index (χ0v) is 33.0. The average molecular weight is 791 g/mol. The number of para-hydroxylation sites is 1. The van der Waals surface area contributed by atoms with E-state index in [2.05, 4.69) is 16.0 Å². The number of benzene rings is 4. The number of nitrogens with one attached hydrogen (secondary N) is 3. The molecule has 0 aromatic heterocycles. The van der Waals surface area contributed by atoms with Gasteiger partial charge in [0.1, 0.15) is 23.6 Å². The van der Waals surface area contributed by atoms with E-state index in [1.807, 2.05) is 50.2 Å². The lowest BCUT2D eigenvalue weighted by Gasteiger charge is -2.31. The van der Waals surface area contributed by atoms with Crippen molar-refractivity contribution in [2.45, 2.75) is 64.1 Å². The predicted octanol–water partition coefficient (Wildman–Crippen LogP) is 5.05. The summed E-state index contributed by atoms with van der Waals surface area (Å²) >= 11 is 0. The number of rotatable bonds is 17. The Kier molecular flexibility index (Phi) is 15.5. The Balaban J connectivity index is 1.11. The lowest BCUT2D eigenvalue weighted by Crippen LogP contribution is -2.53. The molecule has 1 fully saturated rings. The number of ether oxygens (including phenoxy) is 3. The van der Waals surface area contributed by atoms with E-state index < -0.39 is 42.6 Å². The van der Waals surface area contributed by atoms with Gasteiger partial charge in [0.15, 0.2) is 12.4 Å². The summed E-state index contributed by atoms with van der Waals surface area (Å²) in [6.45, 7) is 4.21. The number of nitrogens with zero attached hydrogens (tertiary/aromatic N) is 1. The number of hydrogen-bond donors (Lipinski definition) is 3. The molecule has 58 heavy (non-hydrogen) atoms. The predicted molar refractivity (Wildman–Crippen MR) is 216 cm³/mol. The molecule has 5 rings (SSSR count). The molecular formula is C45H50N4O9. The highest BCUT2D eigenvalue weighted by Crippen LogP contribution is 2.22. The molecule has 4 aromatic rings. The molecular weight excluding hydrogens is 741 g/mol. The Hall–Kier alpha value is -6.50. The second-order valence-electron chi connectivity index (χ2n) is 14.5. The quantitative estimate of drug-likeness (QED) is 0.0979. The van der Waals surface area contributed by atoms with Crippen molar-refractivity contribution >= 4 is 35.6 Å². The molecule has 0 radical (unpaired) electrons. The Morgan fingerprint density at radius 3 is 2.02 bits per heavy atom. The van der Waals surface area contributed by atoms with Crippen LogP contribution >= 0.6 is 0 Å². The van der Waals surface area contributed by atoms with Crippen LogP contribution in [0.1, 0.15) is 60.2 Å². The SMILES string of the molecule is COC(=O)[C@H](Cc1ccc(OC(=O)N2CCC(NC(=O)Cc3ccccc3)CC2)cc1)NC(=O)[C@H](CC(C)C)NC(=O)COc1ccccc1C(=O)c1ccccc1. The van der Waals surface area contributed by atoms with Crippen LogP contribution in [-0.2, 0) is 36.8 Å². The van der Waals surface area contributed by atoms with Gasteiger partial charge in [0.2, 0.25) is 11.8 Å². The molecule has 3 N–H and O–H groups in total. The van der Waals surface area contributed by atoms with Crippen molar-refractivity contribution in [1.82, 2.24) is 20.9 Å². The fourth-order valence-electron chi connectivity index (χ4n) is 6.58. The van der Waals surface area contributed by atoms with Crippen molar-refractivity contribution in [1.29, 1.82) is 0 Å². The van der Waals surface area contributed by atoms with Crippen LogP contribution in [0, 0.1) is 5.92 Å². The molecule has 0 spiro atoms. The molecule has 4 amide bonds. The first kappa shape index (κ1) is 42.6. The van der Waals surface area contributed by atoms with E-state index in [1.54, 1.807) is 77.7 Å². The first-order chi connectivity index (χ1) is 28.0. The van der Waals surface area contributed by atoms with Crippen LogP contribution < -0.4 is 25.4 Å². The molecule has 1 heterocycles. The van der Waals surface area contributed by atoms with Crippen molar-refractivity contribution in [3.05, 3.63) is 131 Å². The third-order valence-electron chi connectivity index (χ3n) is 9.58. The zero-order valence-electron chi connectivity index (χ0n) is 33.0. The number of piperidine rings is 1. The van der Waals surface area contributed by atoms with Crippen LogP contribution in [-0.4, -0.2) is 85.4 Å². The monoisotopic (exact) mass is 790 g/mol. The third-order valence-corrected chi connectivity index (χ3v) is 9.58. The first-order valence-corrected chi connectivity index (χ1v) is 19.4. The summed E-state index contributed by atoms with van der Waals surface area (Å²) in [5.41, 5.74) is 2.37. The number of likely N-dealkylation sites (tertiary alicyclic amines) is 1. The largest absolute Gasteiger partial charge is 0.483 e. The van der Waals surface area contributed by atoms with Crippen LogP contribution in [0.4, 0.5) is 4.79 Å². The van der Waals surface area contributed by atoms with Crippen LogP contribution in [0.15, 0.2) is 109 Å². The summed E-state index contributed by atoms with van der Waals surface area (Å²) in [5, 5.41) is 8.50. The molecule has 0 aliphatic carbocycles. The minimum atomic E-state index is -1.08. The molecule has 0 saturated carbocycles. The standard InChI is InChI=1S/C45H50N4O9/c1-30(2)26-37(47-41(51)29-57-39-17-11-10-16-36(39)42(52)33-14-8-5-9-15-33)43(53)48-38(44(54)56-3)27-32-18-20-35(21-19-32)58-45(55)49-24-22-34(23-25-49)46-40(50)28-31-12-6-4-7-13-31/h4-21,30,34,37-38H,22-29H2,1-3H3,(H,46,50)(H,47,51)(H,48,53)/t37-,38-/m0/s1. The van der Waals surface area contributed by atoms with E-state index in [0.29, 0.717) is 54.8 Å². The number of ketones is 1. The second-order valence-corrected chi connectivity index (χ2v) is 14.5. The number of amides is 4. The Labute approximate surface area is 338 Å². The van der Waals surface area contributed by atoms with E-state index in [4.69, 9.17) is 14.2 Å². The van der Waals surface area contributed by atoms with Crippen molar-refractivity contribution < 1.29 is 43.0 Å². The molecule has 304 valence electrons. The fraction of sp³-hybridized carbons (Fsp3) is 0.333. The van der Waals surface area contributed by atoms with Gasteiger partial charge >= 0.3 is 12.1 Å². The van der Waals surface area contributed by atoms with Crippen molar-refractivity contribution in [3.63, 3.8) is 0 Å². The highest BCUT2D eigenvalue weighted by molar-refractivity contribution is 6.10. The van der Waals surface area contributed by atoms with E-state index >= 15 is 0 Å². The van der Waals surface area contributed by atoms with Gasteiger partial charge in [-0.3, -0.25) is 19.2 Å². The topological polar surface area (TPSA) is 169 Å². The highest BCUT2D eigenvalue weighted by Gasteiger charge is 2.29. The molecule has 0 bridgehead atoms. The van der Waals surface area contributed by atoms with Gasteiger partial charge in [-0.05, 0) is 60.6 Å². The minimum Gasteiger partial charge on any atom is -0.483 e. The first-order valence-electron chi connectivity index (χ1n) is 19.4. The van der Waals surface area contributed by atoms with E-state index in [1.165, 1.54) is 7.11 Å². The van der Waals surface area contributed by atoms with Gasteiger partial charge in [-0.15, -0.1) is 0 Å². The Morgan fingerprint density at radius 1 is 0.724 bits per heavy atom. The Bertz CT molecular complexity index is 2010.